The molecule has 0 aromatic heterocycles. The van der Waals surface area contributed by atoms with Gasteiger partial charge in [0.15, 0.2) is 0 Å². The van der Waals surface area contributed by atoms with Gasteiger partial charge in [-0.3, -0.25) is 9.69 Å². The number of nitrogens with zero attached hydrogens (tertiary/aromatic N) is 2. The van der Waals surface area contributed by atoms with E-state index in [4.69, 9.17) is 4.74 Å². The molecule has 0 saturated carbocycles. The van der Waals surface area contributed by atoms with Crippen molar-refractivity contribution in [2.24, 2.45) is 0 Å². The number of amides is 2. The van der Waals surface area contributed by atoms with Crippen molar-refractivity contribution in [3.8, 4) is 0 Å². The number of carbonyl (C=O) groups excluding carboxylic acids is 2. The number of anilines is 1. The monoisotopic (exact) mass is 353 g/mol. The second-order valence-electron chi connectivity index (χ2n) is 6.09. The molecule has 0 aliphatic carbocycles. The predicted molar refractivity (Wildman–Crippen MR) is 99.9 cm³/mol. The van der Waals surface area contributed by atoms with Crippen LogP contribution in [0.4, 0.5) is 10.5 Å². The molecule has 6 heteroatoms. The lowest BCUT2D eigenvalue weighted by molar-refractivity contribution is -0.130. The second kappa shape index (κ2) is 9.01. The van der Waals surface area contributed by atoms with Gasteiger partial charge in [0.1, 0.15) is 13.2 Å². The van der Waals surface area contributed by atoms with Crippen LogP contribution in [0.3, 0.4) is 0 Å². The normalized spacial score (nSPS) is 13.9. The molecule has 1 aliphatic rings. The number of carbonyl (C=O) groups is 2. The Hall–Kier alpha value is -2.86. The van der Waals surface area contributed by atoms with Crippen LogP contribution in [0.2, 0.25) is 0 Å². The average molecular weight is 353 g/mol. The molecule has 0 radical (unpaired) electrons. The molecule has 136 valence electrons. The highest BCUT2D eigenvalue weighted by Gasteiger charge is 2.24. The Morgan fingerprint density at radius 2 is 1.58 bits per heavy atom. The number of benzene rings is 2. The van der Waals surface area contributed by atoms with E-state index < -0.39 is 6.09 Å². The topological polar surface area (TPSA) is 61.9 Å². The molecule has 2 amide bonds. The Morgan fingerprint density at radius 1 is 0.962 bits per heavy atom. The maximum absolute atomic E-state index is 12.7. The van der Waals surface area contributed by atoms with Crippen LogP contribution < -0.4 is 10.2 Å². The van der Waals surface area contributed by atoms with Crippen molar-refractivity contribution < 1.29 is 14.3 Å². The van der Waals surface area contributed by atoms with Crippen LogP contribution in [0.15, 0.2) is 60.7 Å². The van der Waals surface area contributed by atoms with Gasteiger partial charge in [-0.05, 0) is 17.7 Å². The summed E-state index contributed by atoms with van der Waals surface area (Å²) in [4.78, 5) is 28.4. The largest absolute Gasteiger partial charge is 0.444 e. The average Bonchev–Trinajstić information content (AvgIpc) is 2.72. The minimum atomic E-state index is -0.525. The maximum atomic E-state index is 12.7. The van der Waals surface area contributed by atoms with Crippen LogP contribution in [0.25, 0.3) is 0 Å². The lowest BCUT2D eigenvalue weighted by Crippen LogP contribution is -2.50. The summed E-state index contributed by atoms with van der Waals surface area (Å²) in [6.45, 7) is 2.99. The molecule has 1 N–H and O–H groups in total. The van der Waals surface area contributed by atoms with Crippen molar-refractivity contribution in [3.63, 3.8) is 0 Å². The zero-order valence-corrected chi connectivity index (χ0v) is 14.6. The van der Waals surface area contributed by atoms with Crippen molar-refractivity contribution in [3.05, 3.63) is 66.2 Å². The van der Waals surface area contributed by atoms with Crippen molar-refractivity contribution in [2.75, 3.05) is 37.6 Å². The van der Waals surface area contributed by atoms with E-state index in [-0.39, 0.29) is 19.1 Å². The Kier molecular flexibility index (Phi) is 6.22. The van der Waals surface area contributed by atoms with Gasteiger partial charge in [0.05, 0.1) is 0 Å². The van der Waals surface area contributed by atoms with Gasteiger partial charge in [-0.2, -0.15) is 0 Å². The molecule has 26 heavy (non-hydrogen) atoms. The van der Waals surface area contributed by atoms with Crippen molar-refractivity contribution >= 4 is 17.7 Å². The van der Waals surface area contributed by atoms with Gasteiger partial charge < -0.3 is 15.0 Å². The summed E-state index contributed by atoms with van der Waals surface area (Å²) >= 11 is 0. The van der Waals surface area contributed by atoms with Gasteiger partial charge in [0.25, 0.3) is 0 Å². The van der Waals surface area contributed by atoms with Gasteiger partial charge in [-0.1, -0.05) is 48.5 Å². The molecule has 1 fully saturated rings. The lowest BCUT2D eigenvalue weighted by atomic mass is 10.2. The fourth-order valence-corrected chi connectivity index (χ4v) is 2.82. The molecule has 1 heterocycles. The SMILES string of the molecule is O=C(CN(C(=O)OCc1ccccc1)c1ccccc1)N1CCNCC1. The molecule has 2 aromatic rings. The van der Waals surface area contributed by atoms with Crippen molar-refractivity contribution in [2.45, 2.75) is 6.61 Å². The first-order valence-corrected chi connectivity index (χ1v) is 8.76. The summed E-state index contributed by atoms with van der Waals surface area (Å²) in [5.41, 5.74) is 1.55. The molecule has 6 nitrogen and oxygen atoms in total. The second-order valence-corrected chi connectivity index (χ2v) is 6.09. The standard InChI is InChI=1S/C20H23N3O3/c24-19(22-13-11-21-12-14-22)15-23(18-9-5-2-6-10-18)20(25)26-16-17-7-3-1-4-8-17/h1-10,21H,11-16H2. The highest BCUT2D eigenvalue weighted by molar-refractivity contribution is 5.95. The molecule has 1 aliphatic heterocycles. The summed E-state index contributed by atoms with van der Waals surface area (Å²) in [6, 6.07) is 18.6. The first kappa shape index (κ1) is 17.9. The smallest absolute Gasteiger partial charge is 0.415 e. The van der Waals surface area contributed by atoms with E-state index in [1.165, 1.54) is 4.90 Å². The van der Waals surface area contributed by atoms with E-state index in [9.17, 15) is 9.59 Å². The summed E-state index contributed by atoms with van der Waals surface area (Å²) in [5.74, 6) is -0.0768. The van der Waals surface area contributed by atoms with Crippen LogP contribution >= 0.6 is 0 Å². The van der Waals surface area contributed by atoms with E-state index >= 15 is 0 Å². The highest BCUT2D eigenvalue weighted by Crippen LogP contribution is 2.16. The molecule has 0 atom stereocenters. The number of para-hydroxylation sites is 1. The number of hydrogen-bond donors (Lipinski definition) is 1. The quantitative estimate of drug-likeness (QED) is 0.896. The van der Waals surface area contributed by atoms with Crippen molar-refractivity contribution in [1.82, 2.24) is 10.2 Å². The zero-order valence-electron chi connectivity index (χ0n) is 14.6. The first-order chi connectivity index (χ1) is 12.7. The molecule has 0 unspecified atom stereocenters. The van der Waals surface area contributed by atoms with E-state index in [0.29, 0.717) is 18.8 Å². The van der Waals surface area contributed by atoms with Gasteiger partial charge >= 0.3 is 6.09 Å². The van der Waals surface area contributed by atoms with Crippen LogP contribution in [-0.4, -0.2) is 49.6 Å². The van der Waals surface area contributed by atoms with E-state index in [1.807, 2.05) is 48.5 Å². The number of rotatable bonds is 5. The summed E-state index contributed by atoms with van der Waals surface area (Å²) in [7, 11) is 0. The predicted octanol–water partition coefficient (Wildman–Crippen LogP) is 2.26. The maximum Gasteiger partial charge on any atom is 0.415 e. The Morgan fingerprint density at radius 3 is 2.23 bits per heavy atom. The van der Waals surface area contributed by atoms with E-state index in [1.54, 1.807) is 17.0 Å². The first-order valence-electron chi connectivity index (χ1n) is 8.76. The molecular weight excluding hydrogens is 330 g/mol. The van der Waals surface area contributed by atoms with Gasteiger partial charge in [0, 0.05) is 31.9 Å². The number of nitrogens with one attached hydrogen (secondary N) is 1. The summed E-state index contributed by atoms with van der Waals surface area (Å²) in [5, 5.41) is 3.22. The Bertz CT molecular complexity index is 716. The third-order valence-electron chi connectivity index (χ3n) is 4.26. The number of hydrogen-bond acceptors (Lipinski definition) is 4. The van der Waals surface area contributed by atoms with Crippen LogP contribution in [-0.2, 0) is 16.1 Å². The zero-order chi connectivity index (χ0) is 18.2. The molecule has 3 rings (SSSR count). The molecular formula is C20H23N3O3. The lowest BCUT2D eigenvalue weighted by Gasteiger charge is -2.30. The van der Waals surface area contributed by atoms with Gasteiger partial charge in [-0.25, -0.2) is 4.79 Å². The van der Waals surface area contributed by atoms with Gasteiger partial charge in [-0.15, -0.1) is 0 Å². The van der Waals surface area contributed by atoms with E-state index in [0.717, 1.165) is 18.7 Å². The van der Waals surface area contributed by atoms with Crippen LogP contribution in [0.5, 0.6) is 0 Å². The Labute approximate surface area is 153 Å². The third kappa shape index (κ3) is 4.83. The molecule has 0 spiro atoms. The molecule has 0 bridgehead atoms. The number of ether oxygens (including phenoxy) is 1. The fourth-order valence-electron chi connectivity index (χ4n) is 2.82. The Balaban J connectivity index is 1.68. The highest BCUT2D eigenvalue weighted by atomic mass is 16.6. The summed E-state index contributed by atoms with van der Waals surface area (Å²) < 4.78 is 5.44. The van der Waals surface area contributed by atoms with E-state index in [2.05, 4.69) is 5.32 Å². The number of piperazine rings is 1. The summed E-state index contributed by atoms with van der Waals surface area (Å²) in [6.07, 6.45) is -0.525. The fraction of sp³-hybridized carbons (Fsp3) is 0.300. The minimum Gasteiger partial charge on any atom is -0.444 e. The minimum absolute atomic E-state index is 0.0301. The van der Waals surface area contributed by atoms with Crippen LogP contribution in [0, 0.1) is 0 Å². The van der Waals surface area contributed by atoms with Gasteiger partial charge in [0.2, 0.25) is 5.91 Å². The third-order valence-corrected chi connectivity index (χ3v) is 4.26. The molecule has 2 aromatic carbocycles. The van der Waals surface area contributed by atoms with Crippen molar-refractivity contribution in [1.29, 1.82) is 0 Å². The molecule has 1 saturated heterocycles. The van der Waals surface area contributed by atoms with Crippen LogP contribution in [0.1, 0.15) is 5.56 Å².